The van der Waals surface area contributed by atoms with Gasteiger partial charge in [-0.3, -0.25) is 9.68 Å². The highest BCUT2D eigenvalue weighted by molar-refractivity contribution is 5.89. The molecule has 0 saturated carbocycles. The molecular weight excluding hydrogens is 344 g/mol. The molecule has 0 saturated heterocycles. The topological polar surface area (TPSA) is 227 Å². The van der Waals surface area contributed by atoms with Crippen LogP contribution in [0.25, 0.3) is 11.0 Å². The number of fused-ring (bicyclic) bond motifs is 1. The van der Waals surface area contributed by atoms with E-state index in [0.29, 0.717) is 9.36 Å². The normalized spacial score (nSPS) is 10.5. The molecular formula is C6H4N8O10. The second-order valence-corrected chi connectivity index (χ2v) is 3.82. The maximum Gasteiger partial charge on any atom is 0.418 e. The van der Waals surface area contributed by atoms with Crippen molar-refractivity contribution in [3.8, 4) is 0 Å². The van der Waals surface area contributed by atoms with Crippen LogP contribution in [0.3, 0.4) is 0 Å². The van der Waals surface area contributed by atoms with Gasteiger partial charge in [0.25, 0.3) is 10.2 Å². The van der Waals surface area contributed by atoms with Crippen molar-refractivity contribution >= 4 is 22.7 Å². The van der Waals surface area contributed by atoms with Crippen molar-refractivity contribution in [1.29, 1.82) is 0 Å². The van der Waals surface area contributed by atoms with Gasteiger partial charge in [-0.05, 0) is 9.85 Å². The van der Waals surface area contributed by atoms with Gasteiger partial charge in [-0.25, -0.2) is 0 Å². The van der Waals surface area contributed by atoms with E-state index in [0.717, 1.165) is 0 Å². The van der Waals surface area contributed by atoms with Crippen LogP contribution in [0.2, 0.25) is 0 Å². The number of rotatable bonds is 8. The Bertz CT molecular complexity index is 781. The summed E-state index contributed by atoms with van der Waals surface area (Å²) in [5.74, 6) is -1.96. The molecule has 0 amide bonds. The summed E-state index contributed by atoms with van der Waals surface area (Å²) < 4.78 is 0.925. The lowest BCUT2D eigenvalue weighted by Crippen LogP contribution is -2.10. The highest BCUT2D eigenvalue weighted by atomic mass is 17.0. The zero-order valence-electron chi connectivity index (χ0n) is 11.1. The van der Waals surface area contributed by atoms with Crippen LogP contribution in [-0.2, 0) is 23.1 Å². The molecule has 0 unspecified atom stereocenters. The van der Waals surface area contributed by atoms with Gasteiger partial charge in [0.05, 0.1) is 10.2 Å². The first-order valence-electron chi connectivity index (χ1n) is 5.53. The Labute approximate surface area is 127 Å². The fourth-order valence-electron chi connectivity index (χ4n) is 1.75. The van der Waals surface area contributed by atoms with Crippen molar-refractivity contribution in [2.45, 2.75) is 13.5 Å². The number of hydrogen-bond acceptors (Lipinski definition) is 12. The molecule has 24 heavy (non-hydrogen) atoms. The molecule has 0 aliphatic rings. The predicted molar refractivity (Wildman–Crippen MR) is 65.0 cm³/mol. The van der Waals surface area contributed by atoms with E-state index < -0.39 is 56.2 Å². The molecule has 128 valence electrons. The molecule has 2 aromatic heterocycles. The molecule has 2 rings (SSSR count). The first-order chi connectivity index (χ1) is 11.2. The minimum atomic E-state index is -1.24. The quantitative estimate of drug-likeness (QED) is 0.429. The van der Waals surface area contributed by atoms with E-state index in [2.05, 4.69) is 19.9 Å². The first kappa shape index (κ1) is 16.3. The largest absolute Gasteiger partial charge is 0.418 e. The fourth-order valence-corrected chi connectivity index (χ4v) is 1.75. The molecule has 0 atom stereocenters. The molecule has 0 aliphatic carbocycles. The number of nitro groups is 2. The van der Waals surface area contributed by atoms with E-state index in [1.807, 2.05) is 0 Å². The smallest absolute Gasteiger partial charge is 0.358 e. The van der Waals surface area contributed by atoms with Gasteiger partial charge in [0.15, 0.2) is 0 Å². The second-order valence-electron chi connectivity index (χ2n) is 3.82. The van der Waals surface area contributed by atoms with Gasteiger partial charge in [0, 0.05) is 0 Å². The Kier molecular flexibility index (Phi) is 4.02. The Balaban J connectivity index is 2.66. The third-order valence-corrected chi connectivity index (χ3v) is 2.51. The summed E-state index contributed by atoms with van der Waals surface area (Å²) >= 11 is 0. The number of hydrogen-bond donors (Lipinski definition) is 0. The van der Waals surface area contributed by atoms with Crippen LogP contribution in [-0.4, -0.2) is 39.6 Å². The van der Waals surface area contributed by atoms with E-state index in [1.165, 1.54) is 0 Å². The van der Waals surface area contributed by atoms with Gasteiger partial charge in [-0.1, -0.05) is 0 Å². The van der Waals surface area contributed by atoms with Crippen molar-refractivity contribution < 1.29 is 29.7 Å². The molecule has 2 aromatic rings. The summed E-state index contributed by atoms with van der Waals surface area (Å²) in [6.45, 7) is -2.00. The average molecular weight is 348 g/mol. The molecule has 0 spiro atoms. The summed E-state index contributed by atoms with van der Waals surface area (Å²) in [5, 5.41) is 46.6. The fraction of sp³-hybridized carbons (Fsp3) is 0.333. The van der Waals surface area contributed by atoms with Crippen LogP contribution in [0.1, 0.15) is 0 Å². The minimum Gasteiger partial charge on any atom is -0.358 e. The average Bonchev–Trinajstić information content (AvgIpc) is 3.01. The molecule has 18 heteroatoms. The molecule has 0 aromatic carbocycles. The summed E-state index contributed by atoms with van der Waals surface area (Å²) in [5.41, 5.74) is -1.19. The molecule has 18 nitrogen and oxygen atoms in total. The van der Waals surface area contributed by atoms with Crippen molar-refractivity contribution in [1.82, 2.24) is 19.6 Å². The van der Waals surface area contributed by atoms with E-state index in [1.54, 1.807) is 0 Å². The molecule has 0 aliphatic heterocycles. The van der Waals surface area contributed by atoms with Crippen molar-refractivity contribution in [3.05, 3.63) is 40.5 Å². The van der Waals surface area contributed by atoms with Gasteiger partial charge < -0.3 is 20.2 Å². The van der Waals surface area contributed by atoms with E-state index in [9.17, 15) is 40.5 Å². The molecule has 2 heterocycles. The lowest BCUT2D eigenvalue weighted by atomic mass is 10.4. The van der Waals surface area contributed by atoms with Gasteiger partial charge in [0.2, 0.25) is 24.5 Å². The monoisotopic (exact) mass is 348 g/mol. The second kappa shape index (κ2) is 5.94. The molecule has 0 fully saturated rings. The third-order valence-electron chi connectivity index (χ3n) is 2.51. The standard InChI is InChI=1S/C6H4N8O10/c15-11(16)5-3-4(10(8-5)2-24-14(21)22)6(12(17)18)7-9(3)1-23-13(19)20/h1-2H2. The van der Waals surface area contributed by atoms with Crippen molar-refractivity contribution in [3.63, 3.8) is 0 Å². The van der Waals surface area contributed by atoms with Crippen molar-refractivity contribution in [2.75, 3.05) is 0 Å². The van der Waals surface area contributed by atoms with E-state index in [4.69, 9.17) is 0 Å². The summed E-state index contributed by atoms with van der Waals surface area (Å²) in [7, 11) is 0. The van der Waals surface area contributed by atoms with Gasteiger partial charge in [0.1, 0.15) is 0 Å². The molecule has 0 radical (unpaired) electrons. The molecule has 0 N–H and O–H groups in total. The minimum absolute atomic E-state index is 0.462. The van der Waals surface area contributed by atoms with Crippen LogP contribution < -0.4 is 0 Å². The lowest BCUT2D eigenvalue weighted by molar-refractivity contribution is -0.767. The van der Waals surface area contributed by atoms with Crippen LogP contribution in [0.15, 0.2) is 0 Å². The summed E-state index contributed by atoms with van der Waals surface area (Å²) in [4.78, 5) is 48.3. The Hall–Kier alpha value is -4.12. The van der Waals surface area contributed by atoms with Gasteiger partial charge in [-0.15, -0.1) is 29.6 Å². The van der Waals surface area contributed by atoms with Crippen LogP contribution >= 0.6 is 0 Å². The summed E-state index contributed by atoms with van der Waals surface area (Å²) in [6, 6.07) is 0. The third kappa shape index (κ3) is 2.90. The number of nitrogens with zero attached hydrogens (tertiary/aromatic N) is 8. The van der Waals surface area contributed by atoms with Crippen LogP contribution in [0.5, 0.6) is 0 Å². The molecule has 0 bridgehead atoms. The summed E-state index contributed by atoms with van der Waals surface area (Å²) in [6.07, 6.45) is 0. The zero-order chi connectivity index (χ0) is 18.0. The maximum absolute atomic E-state index is 11.0. The van der Waals surface area contributed by atoms with Crippen molar-refractivity contribution in [2.24, 2.45) is 0 Å². The highest BCUT2D eigenvalue weighted by Gasteiger charge is 2.37. The van der Waals surface area contributed by atoms with E-state index in [-0.39, 0.29) is 0 Å². The van der Waals surface area contributed by atoms with E-state index >= 15 is 0 Å². The highest BCUT2D eigenvalue weighted by Crippen LogP contribution is 2.31. The van der Waals surface area contributed by atoms with Gasteiger partial charge >= 0.3 is 11.6 Å². The lowest BCUT2D eigenvalue weighted by Gasteiger charge is -1.95. The van der Waals surface area contributed by atoms with Gasteiger partial charge in [-0.2, -0.15) is 0 Å². The Morgan fingerprint density at radius 3 is 1.33 bits per heavy atom. The maximum atomic E-state index is 11.0. The zero-order valence-corrected chi connectivity index (χ0v) is 11.1. The van der Waals surface area contributed by atoms with Crippen LogP contribution in [0.4, 0.5) is 11.6 Å². The Morgan fingerprint density at radius 1 is 0.750 bits per heavy atom. The number of aromatic nitrogens is 4. The SMILES string of the molecule is O=[N+]([O-])OCn1nc([N+](=O)[O-])c2c1c([N+](=O)[O-])nn2CO[N+](=O)[O-]. The predicted octanol–water partition coefficient (Wildman–Crippen LogP) is -0.619. The Morgan fingerprint density at radius 2 is 1.08 bits per heavy atom. The van der Waals surface area contributed by atoms with Crippen LogP contribution in [0, 0.1) is 40.5 Å². The first-order valence-corrected chi connectivity index (χ1v) is 5.53.